The summed E-state index contributed by atoms with van der Waals surface area (Å²) in [6.45, 7) is 3.78. The topological polar surface area (TPSA) is 24.9 Å². The van der Waals surface area contributed by atoms with Crippen molar-refractivity contribution < 1.29 is 0 Å². The van der Waals surface area contributed by atoms with Crippen LogP contribution in [0.5, 0.6) is 0 Å². The average molecular weight is 346 g/mol. The van der Waals surface area contributed by atoms with Crippen molar-refractivity contribution in [3.05, 3.63) is 49.3 Å². The number of aromatic nitrogens is 1. The molecule has 1 N–H and O–H groups in total. The van der Waals surface area contributed by atoms with Crippen LogP contribution in [0.1, 0.15) is 22.4 Å². The Labute approximate surface area is 125 Å². The highest BCUT2D eigenvalue weighted by molar-refractivity contribution is 9.10. The zero-order valence-corrected chi connectivity index (χ0v) is 13.2. The molecule has 0 unspecified atom stereocenters. The van der Waals surface area contributed by atoms with E-state index in [-0.39, 0.29) is 0 Å². The van der Waals surface area contributed by atoms with E-state index >= 15 is 0 Å². The molecule has 0 aliphatic heterocycles. The monoisotopic (exact) mass is 344 g/mol. The van der Waals surface area contributed by atoms with Gasteiger partial charge in [0.1, 0.15) is 5.01 Å². The Balaban J connectivity index is 1.86. The van der Waals surface area contributed by atoms with Crippen molar-refractivity contribution in [2.24, 2.45) is 0 Å². The lowest BCUT2D eigenvalue weighted by Gasteiger charge is -2.04. The van der Waals surface area contributed by atoms with Crippen LogP contribution in [0.25, 0.3) is 0 Å². The first kappa shape index (κ1) is 14.0. The lowest BCUT2D eigenvalue weighted by atomic mass is 10.2. The first-order chi connectivity index (χ1) is 8.69. The maximum Gasteiger partial charge on any atom is 0.107 e. The maximum absolute atomic E-state index is 5.95. The molecule has 18 heavy (non-hydrogen) atoms. The third-order valence-corrected chi connectivity index (χ3v) is 4.89. The third kappa shape index (κ3) is 3.79. The quantitative estimate of drug-likeness (QED) is 0.868. The number of thiazole rings is 1. The minimum absolute atomic E-state index is 0.742. The molecular formula is C13H14BrClN2S. The molecule has 2 nitrogen and oxygen atoms in total. The number of benzene rings is 1. The van der Waals surface area contributed by atoms with Gasteiger partial charge < -0.3 is 5.32 Å². The number of rotatable bonds is 5. The van der Waals surface area contributed by atoms with E-state index in [2.05, 4.69) is 33.2 Å². The van der Waals surface area contributed by atoms with Gasteiger partial charge in [0.2, 0.25) is 0 Å². The zero-order valence-electron chi connectivity index (χ0n) is 10.0. The fourth-order valence-electron chi connectivity index (χ4n) is 1.56. The average Bonchev–Trinajstić information content (AvgIpc) is 2.82. The summed E-state index contributed by atoms with van der Waals surface area (Å²) in [7, 11) is 0. The molecule has 0 fully saturated rings. The van der Waals surface area contributed by atoms with Crippen LogP contribution < -0.4 is 5.32 Å². The van der Waals surface area contributed by atoms with Crippen LogP contribution in [0.4, 0.5) is 0 Å². The molecule has 0 saturated carbocycles. The summed E-state index contributed by atoms with van der Waals surface area (Å²) < 4.78 is 0.936. The molecule has 1 aromatic heterocycles. The number of aryl methyl sites for hydroxylation is 1. The van der Waals surface area contributed by atoms with Crippen LogP contribution in [0, 0.1) is 0 Å². The summed E-state index contributed by atoms with van der Waals surface area (Å²) in [6, 6.07) is 5.97. The van der Waals surface area contributed by atoms with Crippen LogP contribution in [0.15, 0.2) is 28.9 Å². The summed E-state index contributed by atoms with van der Waals surface area (Å²) in [5.74, 6) is 0. The molecule has 0 bridgehead atoms. The first-order valence-electron chi connectivity index (χ1n) is 5.77. The Morgan fingerprint density at radius 1 is 1.39 bits per heavy atom. The van der Waals surface area contributed by atoms with Gasteiger partial charge in [0.05, 0.1) is 5.02 Å². The minimum Gasteiger partial charge on any atom is -0.306 e. The molecule has 0 atom stereocenters. The molecule has 0 spiro atoms. The van der Waals surface area contributed by atoms with Crippen molar-refractivity contribution in [1.29, 1.82) is 0 Å². The Hall–Kier alpha value is -0.420. The van der Waals surface area contributed by atoms with Crippen molar-refractivity contribution in [2.45, 2.75) is 26.4 Å². The summed E-state index contributed by atoms with van der Waals surface area (Å²) in [6.07, 6.45) is 3.02. The molecule has 0 amide bonds. The Kier molecular flexibility index (Phi) is 5.18. The van der Waals surface area contributed by atoms with Crippen molar-refractivity contribution in [2.75, 3.05) is 0 Å². The molecule has 2 aromatic rings. The van der Waals surface area contributed by atoms with Crippen LogP contribution in [-0.4, -0.2) is 4.98 Å². The van der Waals surface area contributed by atoms with E-state index in [9.17, 15) is 0 Å². The Morgan fingerprint density at radius 2 is 2.22 bits per heavy atom. The van der Waals surface area contributed by atoms with Gasteiger partial charge in [0.15, 0.2) is 0 Å². The van der Waals surface area contributed by atoms with Crippen molar-refractivity contribution >= 4 is 38.9 Å². The highest BCUT2D eigenvalue weighted by Crippen LogP contribution is 2.23. The Bertz CT molecular complexity index is 527. The van der Waals surface area contributed by atoms with Crippen molar-refractivity contribution in [1.82, 2.24) is 10.3 Å². The number of halogens is 2. The second-order valence-corrected chi connectivity index (χ2v) is 6.39. The number of hydrogen-bond donors (Lipinski definition) is 1. The second-order valence-electron chi connectivity index (χ2n) is 3.93. The third-order valence-electron chi connectivity index (χ3n) is 2.54. The van der Waals surface area contributed by atoms with Gasteiger partial charge in [-0.1, -0.05) is 24.6 Å². The highest BCUT2D eigenvalue weighted by Gasteiger charge is 2.01. The van der Waals surface area contributed by atoms with E-state index < -0.39 is 0 Å². The molecule has 0 radical (unpaired) electrons. The van der Waals surface area contributed by atoms with E-state index in [1.807, 2.05) is 24.4 Å². The van der Waals surface area contributed by atoms with Crippen LogP contribution >= 0.6 is 38.9 Å². The molecule has 1 heterocycles. The largest absolute Gasteiger partial charge is 0.306 e. The van der Waals surface area contributed by atoms with Gasteiger partial charge in [0, 0.05) is 28.6 Å². The lowest BCUT2D eigenvalue weighted by molar-refractivity contribution is 0.690. The SMILES string of the molecule is CCc1cnc(CNCc2ccc(Cl)c(Br)c2)s1. The van der Waals surface area contributed by atoms with E-state index in [0.717, 1.165) is 34.0 Å². The second kappa shape index (κ2) is 6.66. The van der Waals surface area contributed by atoms with Gasteiger partial charge in [-0.2, -0.15) is 0 Å². The summed E-state index contributed by atoms with van der Waals surface area (Å²) in [5.41, 5.74) is 1.21. The predicted molar refractivity (Wildman–Crippen MR) is 81.2 cm³/mol. The van der Waals surface area contributed by atoms with Crippen LogP contribution in [0.3, 0.4) is 0 Å². The lowest BCUT2D eigenvalue weighted by Crippen LogP contribution is -2.12. The zero-order chi connectivity index (χ0) is 13.0. The first-order valence-corrected chi connectivity index (χ1v) is 7.76. The van der Waals surface area contributed by atoms with E-state index in [4.69, 9.17) is 11.6 Å². The standard InChI is InChI=1S/C13H14BrClN2S/c1-2-10-7-17-13(18-10)8-16-6-9-3-4-12(15)11(14)5-9/h3-5,7,16H,2,6,8H2,1H3. The van der Waals surface area contributed by atoms with Crippen molar-refractivity contribution in [3.8, 4) is 0 Å². The highest BCUT2D eigenvalue weighted by atomic mass is 79.9. The summed E-state index contributed by atoms with van der Waals surface area (Å²) >= 11 is 11.1. The van der Waals surface area contributed by atoms with Crippen molar-refractivity contribution in [3.63, 3.8) is 0 Å². The van der Waals surface area contributed by atoms with Gasteiger partial charge in [-0.25, -0.2) is 4.98 Å². The Morgan fingerprint density at radius 3 is 2.89 bits per heavy atom. The predicted octanol–water partition coefficient (Wildman–Crippen LogP) is 4.41. The normalized spacial score (nSPS) is 10.8. The van der Waals surface area contributed by atoms with Gasteiger partial charge >= 0.3 is 0 Å². The molecule has 1 aromatic carbocycles. The van der Waals surface area contributed by atoms with Crippen LogP contribution in [0.2, 0.25) is 5.02 Å². The fourth-order valence-corrected chi connectivity index (χ4v) is 2.93. The van der Waals surface area contributed by atoms with Gasteiger partial charge in [-0.05, 0) is 40.0 Å². The number of nitrogens with one attached hydrogen (secondary N) is 1. The summed E-state index contributed by atoms with van der Waals surface area (Å²) in [4.78, 5) is 5.71. The summed E-state index contributed by atoms with van der Waals surface area (Å²) in [5, 5.41) is 5.27. The molecule has 2 rings (SSSR count). The fraction of sp³-hybridized carbons (Fsp3) is 0.308. The maximum atomic E-state index is 5.95. The van der Waals surface area contributed by atoms with Crippen LogP contribution in [-0.2, 0) is 19.5 Å². The van der Waals surface area contributed by atoms with Gasteiger partial charge in [-0.15, -0.1) is 11.3 Å². The number of hydrogen-bond acceptors (Lipinski definition) is 3. The molecule has 0 saturated heterocycles. The molecule has 96 valence electrons. The number of nitrogens with zero attached hydrogens (tertiary/aromatic N) is 1. The minimum atomic E-state index is 0.742. The van der Waals surface area contributed by atoms with E-state index in [1.54, 1.807) is 11.3 Å². The molecule has 5 heteroatoms. The molecule has 0 aliphatic rings. The smallest absolute Gasteiger partial charge is 0.107 e. The van der Waals surface area contributed by atoms with E-state index in [1.165, 1.54) is 10.4 Å². The van der Waals surface area contributed by atoms with E-state index in [0.29, 0.717) is 0 Å². The molecular weight excluding hydrogens is 332 g/mol. The van der Waals surface area contributed by atoms with Gasteiger partial charge in [-0.3, -0.25) is 0 Å². The van der Waals surface area contributed by atoms with Gasteiger partial charge in [0.25, 0.3) is 0 Å². The molecule has 0 aliphatic carbocycles.